The number of hydrogen-bond donors (Lipinski definition) is 1. The van der Waals surface area contributed by atoms with Crippen LogP contribution in [0.15, 0.2) is 0 Å². The molecule has 0 aliphatic carbocycles. The number of aldehydes is 1. The predicted octanol–water partition coefficient (Wildman–Crippen LogP) is 0.381. The van der Waals surface area contributed by atoms with Gasteiger partial charge in [-0.1, -0.05) is 6.92 Å². The molecule has 0 heterocycles. The number of methoxy groups -OCH3 is 1. The van der Waals surface area contributed by atoms with Crippen LogP contribution in [0.4, 0.5) is 0 Å². The Kier molecular flexibility index (Phi) is 4.07. The second-order valence-corrected chi connectivity index (χ2v) is 3.65. The number of hydrogen-bond acceptors (Lipinski definition) is 4. The molecule has 0 bridgehead atoms. The third-order valence-electron chi connectivity index (χ3n) is 2.16. The minimum atomic E-state index is -1.05. The molecule has 0 amide bonds. The summed E-state index contributed by atoms with van der Waals surface area (Å²) in [4.78, 5) is 21.6. The van der Waals surface area contributed by atoms with Crippen molar-refractivity contribution in [1.29, 1.82) is 0 Å². The van der Waals surface area contributed by atoms with E-state index in [4.69, 9.17) is 0 Å². The number of rotatable bonds is 4. The first-order valence-electron chi connectivity index (χ1n) is 4.09. The second kappa shape index (κ2) is 4.37. The Morgan fingerprint density at radius 1 is 1.54 bits per heavy atom. The molecule has 0 saturated heterocycles. The predicted molar refractivity (Wildman–Crippen MR) is 47.0 cm³/mol. The molecule has 0 rings (SSSR count). The second-order valence-electron chi connectivity index (χ2n) is 3.65. The van der Waals surface area contributed by atoms with Gasteiger partial charge in [0.05, 0.1) is 18.6 Å². The van der Waals surface area contributed by atoms with Crippen LogP contribution in [0, 0.1) is 11.3 Å². The minimum Gasteiger partial charge on any atom is -0.469 e. The van der Waals surface area contributed by atoms with Crippen molar-refractivity contribution in [3.05, 3.63) is 0 Å². The van der Waals surface area contributed by atoms with Crippen LogP contribution in [0.5, 0.6) is 0 Å². The molecule has 0 saturated carbocycles. The van der Waals surface area contributed by atoms with Crippen molar-refractivity contribution in [2.45, 2.75) is 26.9 Å². The zero-order chi connectivity index (χ0) is 10.6. The van der Waals surface area contributed by atoms with Crippen LogP contribution in [0.1, 0.15) is 20.8 Å². The number of aliphatic hydroxyl groups excluding tert-OH is 1. The minimum absolute atomic E-state index is 0.520. The average Bonchev–Trinajstić information content (AvgIpc) is 2.13. The van der Waals surface area contributed by atoms with Crippen molar-refractivity contribution in [3.63, 3.8) is 0 Å². The van der Waals surface area contributed by atoms with Crippen LogP contribution < -0.4 is 0 Å². The van der Waals surface area contributed by atoms with Gasteiger partial charge in [-0.2, -0.15) is 0 Å². The summed E-state index contributed by atoms with van der Waals surface area (Å²) in [5.74, 6) is -1.09. The molecule has 0 aliphatic heterocycles. The molecule has 2 atom stereocenters. The summed E-state index contributed by atoms with van der Waals surface area (Å²) < 4.78 is 4.52. The number of esters is 1. The fourth-order valence-electron chi connectivity index (χ4n) is 1.12. The van der Waals surface area contributed by atoms with Crippen molar-refractivity contribution in [3.8, 4) is 0 Å². The van der Waals surface area contributed by atoms with Crippen molar-refractivity contribution >= 4 is 12.3 Å². The van der Waals surface area contributed by atoms with Gasteiger partial charge in [-0.05, 0) is 13.8 Å². The van der Waals surface area contributed by atoms with Gasteiger partial charge in [0, 0.05) is 5.92 Å². The van der Waals surface area contributed by atoms with Crippen LogP contribution in [0.3, 0.4) is 0 Å². The lowest BCUT2D eigenvalue weighted by Crippen LogP contribution is -2.42. The summed E-state index contributed by atoms with van der Waals surface area (Å²) in [7, 11) is 1.25. The summed E-state index contributed by atoms with van der Waals surface area (Å²) in [6, 6.07) is 0. The fraction of sp³-hybridized carbons (Fsp3) is 0.778. The maximum Gasteiger partial charge on any atom is 0.313 e. The highest BCUT2D eigenvalue weighted by Crippen LogP contribution is 2.26. The van der Waals surface area contributed by atoms with E-state index in [0.717, 1.165) is 0 Å². The van der Waals surface area contributed by atoms with Crippen LogP contribution in [0.2, 0.25) is 0 Å². The van der Waals surface area contributed by atoms with Gasteiger partial charge >= 0.3 is 5.97 Å². The zero-order valence-electron chi connectivity index (χ0n) is 8.40. The van der Waals surface area contributed by atoms with Gasteiger partial charge in [0.15, 0.2) is 0 Å². The smallest absolute Gasteiger partial charge is 0.313 e. The Bertz CT molecular complexity index is 198. The monoisotopic (exact) mass is 188 g/mol. The fourth-order valence-corrected chi connectivity index (χ4v) is 1.12. The first-order valence-corrected chi connectivity index (χ1v) is 4.09. The number of ether oxygens (including phenoxy) is 1. The normalized spacial score (nSPS) is 16.1. The van der Waals surface area contributed by atoms with Crippen LogP contribution >= 0.6 is 0 Å². The molecule has 0 aromatic rings. The summed E-state index contributed by atoms with van der Waals surface area (Å²) >= 11 is 0. The van der Waals surface area contributed by atoms with Gasteiger partial charge in [-0.3, -0.25) is 4.79 Å². The Hall–Kier alpha value is -0.900. The maximum atomic E-state index is 11.2. The lowest BCUT2D eigenvalue weighted by atomic mass is 9.81. The van der Waals surface area contributed by atoms with Crippen molar-refractivity contribution < 1.29 is 19.4 Å². The van der Waals surface area contributed by atoms with E-state index in [1.807, 2.05) is 0 Å². The molecule has 13 heavy (non-hydrogen) atoms. The van der Waals surface area contributed by atoms with Crippen molar-refractivity contribution in [1.82, 2.24) is 0 Å². The Morgan fingerprint density at radius 3 is 2.31 bits per heavy atom. The third kappa shape index (κ3) is 2.52. The Labute approximate surface area is 77.9 Å². The highest BCUT2D eigenvalue weighted by molar-refractivity contribution is 5.77. The van der Waals surface area contributed by atoms with E-state index < -0.39 is 23.4 Å². The van der Waals surface area contributed by atoms with E-state index in [2.05, 4.69) is 4.74 Å². The number of carbonyl (C=O) groups is 2. The summed E-state index contributed by atoms with van der Waals surface area (Å²) in [5, 5.41) is 9.61. The van der Waals surface area contributed by atoms with Crippen LogP contribution in [0.25, 0.3) is 0 Å². The molecule has 0 aromatic heterocycles. The summed E-state index contributed by atoms with van der Waals surface area (Å²) in [5.41, 5.74) is -1.05. The molecule has 4 nitrogen and oxygen atoms in total. The molecule has 76 valence electrons. The van der Waals surface area contributed by atoms with Gasteiger partial charge < -0.3 is 14.6 Å². The van der Waals surface area contributed by atoms with E-state index in [1.54, 1.807) is 20.8 Å². The maximum absolute atomic E-state index is 11.2. The lowest BCUT2D eigenvalue weighted by Gasteiger charge is -2.29. The van der Waals surface area contributed by atoms with Crippen molar-refractivity contribution in [2.75, 3.05) is 7.11 Å². The van der Waals surface area contributed by atoms with E-state index in [0.29, 0.717) is 6.29 Å². The molecule has 0 aromatic carbocycles. The zero-order valence-corrected chi connectivity index (χ0v) is 8.40. The first kappa shape index (κ1) is 12.1. The summed E-state index contributed by atoms with van der Waals surface area (Å²) in [6.07, 6.45) is -0.396. The van der Waals surface area contributed by atoms with Gasteiger partial charge in [-0.15, -0.1) is 0 Å². The molecule has 0 fully saturated rings. The first-order chi connectivity index (χ1) is 5.87. The third-order valence-corrected chi connectivity index (χ3v) is 2.16. The molecule has 1 N–H and O–H groups in total. The van der Waals surface area contributed by atoms with E-state index in [9.17, 15) is 14.7 Å². The number of carbonyl (C=O) groups excluding carboxylic acids is 2. The number of aliphatic hydroxyl groups is 1. The van der Waals surface area contributed by atoms with E-state index >= 15 is 0 Å². The molecular weight excluding hydrogens is 172 g/mol. The standard InChI is InChI=1S/C9H16O4/c1-6(5-10)7(11)9(2,3)8(12)13-4/h5-7,11H,1-4H3/t6-,7+/m1/s1. The molecule has 4 heteroatoms. The molecular formula is C9H16O4. The van der Waals surface area contributed by atoms with Gasteiger partial charge in [-0.25, -0.2) is 0 Å². The van der Waals surface area contributed by atoms with E-state index in [-0.39, 0.29) is 0 Å². The van der Waals surface area contributed by atoms with Crippen LogP contribution in [-0.4, -0.2) is 30.6 Å². The summed E-state index contributed by atoms with van der Waals surface area (Å²) in [6.45, 7) is 4.65. The quantitative estimate of drug-likeness (QED) is 0.511. The van der Waals surface area contributed by atoms with Crippen molar-refractivity contribution in [2.24, 2.45) is 11.3 Å². The van der Waals surface area contributed by atoms with Gasteiger partial charge in [0.2, 0.25) is 0 Å². The van der Waals surface area contributed by atoms with E-state index in [1.165, 1.54) is 7.11 Å². The lowest BCUT2D eigenvalue weighted by molar-refractivity contribution is -0.159. The van der Waals surface area contributed by atoms with Gasteiger partial charge in [0.25, 0.3) is 0 Å². The SMILES string of the molecule is COC(=O)C(C)(C)[C@@H](O)[C@H](C)C=O. The largest absolute Gasteiger partial charge is 0.469 e. The Balaban J connectivity index is 4.61. The average molecular weight is 188 g/mol. The highest BCUT2D eigenvalue weighted by atomic mass is 16.5. The van der Waals surface area contributed by atoms with Crippen LogP contribution in [-0.2, 0) is 14.3 Å². The molecule has 0 aliphatic rings. The molecule has 0 unspecified atom stereocenters. The molecule has 0 spiro atoms. The highest BCUT2D eigenvalue weighted by Gasteiger charge is 2.39. The molecule has 0 radical (unpaired) electrons. The topological polar surface area (TPSA) is 63.6 Å². The van der Waals surface area contributed by atoms with Gasteiger partial charge in [0.1, 0.15) is 6.29 Å². The Morgan fingerprint density at radius 2 is 2.00 bits per heavy atom.